The van der Waals surface area contributed by atoms with Crippen LogP contribution >= 0.6 is 0 Å². The lowest BCUT2D eigenvalue weighted by molar-refractivity contribution is -0.143. The number of nitriles is 1. The summed E-state index contributed by atoms with van der Waals surface area (Å²) >= 11 is 0. The second-order valence-corrected chi connectivity index (χ2v) is 3.95. The van der Waals surface area contributed by atoms with E-state index in [-0.39, 0.29) is 0 Å². The number of ether oxygens (including phenoxy) is 1. The van der Waals surface area contributed by atoms with Gasteiger partial charge in [-0.25, -0.2) is 0 Å². The van der Waals surface area contributed by atoms with Gasteiger partial charge in [0.25, 0.3) is 0 Å². The molecule has 2 unspecified atom stereocenters. The molecule has 0 saturated heterocycles. The molecule has 2 atom stereocenters. The summed E-state index contributed by atoms with van der Waals surface area (Å²) in [5.74, 6) is -0.974. The summed E-state index contributed by atoms with van der Waals surface area (Å²) in [6.07, 6.45) is 0. The number of rotatable bonds is 4. The molecule has 17 heavy (non-hydrogen) atoms. The Morgan fingerprint density at radius 1 is 1.35 bits per heavy atom. The third-order valence-corrected chi connectivity index (χ3v) is 2.62. The van der Waals surface area contributed by atoms with Crippen LogP contribution in [-0.2, 0) is 9.53 Å². The van der Waals surface area contributed by atoms with Crippen molar-refractivity contribution >= 4 is 5.97 Å². The normalized spacial score (nSPS) is 13.8. The quantitative estimate of drug-likeness (QED) is 0.736. The first-order valence-corrected chi connectivity index (χ1v) is 5.30. The Kier molecular flexibility index (Phi) is 4.68. The predicted molar refractivity (Wildman–Crippen MR) is 64.3 cm³/mol. The van der Waals surface area contributed by atoms with Crippen molar-refractivity contribution in [3.63, 3.8) is 0 Å². The van der Waals surface area contributed by atoms with Gasteiger partial charge in [0.2, 0.25) is 0 Å². The number of methoxy groups -OCH3 is 1. The summed E-state index contributed by atoms with van der Waals surface area (Å²) in [5, 5.41) is 9.17. The van der Waals surface area contributed by atoms with Crippen LogP contribution in [0.4, 0.5) is 0 Å². The average Bonchev–Trinajstić information content (AvgIpc) is 2.35. The van der Waals surface area contributed by atoms with E-state index in [9.17, 15) is 10.1 Å². The largest absolute Gasteiger partial charge is 0.468 e. The SMILES string of the molecule is COC(=O)C(c1ccccc1)C(C#N)N(C)C. The van der Waals surface area contributed by atoms with Crippen LogP contribution in [0.2, 0.25) is 0 Å². The minimum atomic E-state index is -0.582. The number of likely N-dealkylation sites (N-methyl/N-ethyl adjacent to an activating group) is 1. The zero-order valence-corrected chi connectivity index (χ0v) is 10.3. The van der Waals surface area contributed by atoms with Crippen molar-refractivity contribution in [3.8, 4) is 6.07 Å². The molecule has 0 bridgehead atoms. The first kappa shape index (κ1) is 13.2. The summed E-state index contributed by atoms with van der Waals surface area (Å²) in [6, 6.07) is 10.8. The van der Waals surface area contributed by atoms with E-state index in [1.807, 2.05) is 30.3 Å². The van der Waals surface area contributed by atoms with Crippen molar-refractivity contribution in [1.29, 1.82) is 5.26 Å². The fourth-order valence-electron chi connectivity index (χ4n) is 1.72. The second-order valence-electron chi connectivity index (χ2n) is 3.95. The Morgan fingerprint density at radius 3 is 2.35 bits per heavy atom. The molecule has 1 rings (SSSR count). The maximum absolute atomic E-state index is 11.8. The molecule has 1 aromatic rings. The molecular weight excluding hydrogens is 216 g/mol. The van der Waals surface area contributed by atoms with Crippen molar-refractivity contribution in [1.82, 2.24) is 4.90 Å². The smallest absolute Gasteiger partial charge is 0.315 e. The summed E-state index contributed by atoms with van der Waals surface area (Å²) in [4.78, 5) is 13.5. The maximum atomic E-state index is 11.8. The molecule has 0 spiro atoms. The van der Waals surface area contributed by atoms with Gasteiger partial charge in [0, 0.05) is 0 Å². The Bertz CT molecular complexity index is 409. The number of carbonyl (C=O) groups is 1. The highest BCUT2D eigenvalue weighted by molar-refractivity contribution is 5.79. The minimum absolute atomic E-state index is 0.392. The number of esters is 1. The molecular formula is C13H16N2O2. The Labute approximate surface area is 101 Å². The number of carbonyl (C=O) groups excluding carboxylic acids is 1. The molecule has 0 aliphatic heterocycles. The van der Waals surface area contributed by atoms with Gasteiger partial charge in [-0.1, -0.05) is 30.3 Å². The molecule has 0 amide bonds. The fraction of sp³-hybridized carbons (Fsp3) is 0.385. The van der Waals surface area contributed by atoms with E-state index in [2.05, 4.69) is 6.07 Å². The number of benzene rings is 1. The van der Waals surface area contributed by atoms with E-state index in [4.69, 9.17) is 4.74 Å². The zero-order chi connectivity index (χ0) is 12.8. The van der Waals surface area contributed by atoms with Crippen molar-refractivity contribution in [2.45, 2.75) is 12.0 Å². The zero-order valence-electron chi connectivity index (χ0n) is 10.3. The van der Waals surface area contributed by atoms with Crippen molar-refractivity contribution in [3.05, 3.63) is 35.9 Å². The van der Waals surface area contributed by atoms with Crippen LogP contribution in [0.3, 0.4) is 0 Å². The highest BCUT2D eigenvalue weighted by Crippen LogP contribution is 2.23. The molecule has 0 radical (unpaired) electrons. The van der Waals surface area contributed by atoms with E-state index < -0.39 is 17.9 Å². The van der Waals surface area contributed by atoms with Crippen LogP contribution in [0, 0.1) is 11.3 Å². The van der Waals surface area contributed by atoms with Gasteiger partial charge in [-0.05, 0) is 19.7 Å². The maximum Gasteiger partial charge on any atom is 0.315 e. The molecule has 1 aromatic carbocycles. The van der Waals surface area contributed by atoms with E-state index in [0.717, 1.165) is 5.56 Å². The van der Waals surface area contributed by atoms with Crippen LogP contribution in [0.25, 0.3) is 0 Å². The summed E-state index contributed by atoms with van der Waals surface area (Å²) in [5.41, 5.74) is 0.791. The number of nitrogens with zero attached hydrogens (tertiary/aromatic N) is 2. The third-order valence-electron chi connectivity index (χ3n) is 2.62. The van der Waals surface area contributed by atoms with Crippen LogP contribution in [0.5, 0.6) is 0 Å². The predicted octanol–water partition coefficient (Wildman–Crippen LogP) is 1.40. The van der Waals surface area contributed by atoms with Crippen LogP contribution in [-0.4, -0.2) is 38.1 Å². The highest BCUT2D eigenvalue weighted by Gasteiger charge is 2.32. The van der Waals surface area contributed by atoms with Gasteiger partial charge in [-0.3, -0.25) is 9.69 Å². The monoisotopic (exact) mass is 232 g/mol. The molecule has 0 aliphatic carbocycles. The van der Waals surface area contributed by atoms with Gasteiger partial charge in [-0.2, -0.15) is 5.26 Å². The Balaban J connectivity index is 3.13. The van der Waals surface area contributed by atoms with E-state index >= 15 is 0 Å². The number of hydrogen-bond donors (Lipinski definition) is 0. The van der Waals surface area contributed by atoms with Gasteiger partial charge in [0.15, 0.2) is 0 Å². The molecule has 0 saturated carbocycles. The summed E-state index contributed by atoms with van der Waals surface area (Å²) in [7, 11) is 4.88. The Morgan fingerprint density at radius 2 is 1.94 bits per heavy atom. The lowest BCUT2D eigenvalue weighted by Crippen LogP contribution is -2.37. The van der Waals surface area contributed by atoms with Crippen LogP contribution < -0.4 is 0 Å². The van der Waals surface area contributed by atoms with E-state index in [1.54, 1.807) is 19.0 Å². The van der Waals surface area contributed by atoms with Crippen molar-refractivity contribution < 1.29 is 9.53 Å². The third kappa shape index (κ3) is 3.05. The first-order chi connectivity index (χ1) is 8.11. The lowest BCUT2D eigenvalue weighted by Gasteiger charge is -2.25. The lowest BCUT2D eigenvalue weighted by atomic mass is 9.91. The summed E-state index contributed by atoms with van der Waals surface area (Å²) < 4.78 is 4.78. The van der Waals surface area contributed by atoms with Crippen LogP contribution in [0.1, 0.15) is 11.5 Å². The van der Waals surface area contributed by atoms with Gasteiger partial charge in [0.1, 0.15) is 12.0 Å². The van der Waals surface area contributed by atoms with Gasteiger partial charge < -0.3 is 4.74 Å². The van der Waals surface area contributed by atoms with Gasteiger partial charge in [-0.15, -0.1) is 0 Å². The summed E-state index contributed by atoms with van der Waals surface area (Å²) in [6.45, 7) is 0. The molecule has 4 heteroatoms. The molecule has 0 heterocycles. The molecule has 0 aromatic heterocycles. The van der Waals surface area contributed by atoms with Gasteiger partial charge >= 0.3 is 5.97 Å². The molecule has 0 aliphatic rings. The molecule has 0 N–H and O–H groups in total. The van der Waals surface area contributed by atoms with Crippen LogP contribution in [0.15, 0.2) is 30.3 Å². The van der Waals surface area contributed by atoms with Gasteiger partial charge in [0.05, 0.1) is 13.2 Å². The molecule has 0 fully saturated rings. The fourth-order valence-corrected chi connectivity index (χ4v) is 1.72. The first-order valence-electron chi connectivity index (χ1n) is 5.30. The molecule has 4 nitrogen and oxygen atoms in total. The minimum Gasteiger partial charge on any atom is -0.468 e. The standard InChI is InChI=1S/C13H16N2O2/c1-15(2)11(9-14)12(13(16)17-3)10-7-5-4-6-8-10/h4-8,11-12H,1-3H3. The van der Waals surface area contributed by atoms with E-state index in [0.29, 0.717) is 0 Å². The number of hydrogen-bond acceptors (Lipinski definition) is 4. The highest BCUT2D eigenvalue weighted by atomic mass is 16.5. The van der Waals surface area contributed by atoms with Crippen molar-refractivity contribution in [2.24, 2.45) is 0 Å². The molecule has 90 valence electrons. The average molecular weight is 232 g/mol. The van der Waals surface area contributed by atoms with Crippen molar-refractivity contribution in [2.75, 3.05) is 21.2 Å². The van der Waals surface area contributed by atoms with E-state index in [1.165, 1.54) is 7.11 Å². The Hall–Kier alpha value is -1.86. The topological polar surface area (TPSA) is 53.3 Å². The second kappa shape index (κ2) is 6.02.